The van der Waals surface area contributed by atoms with E-state index in [1.54, 1.807) is 22.3 Å². The van der Waals surface area contributed by atoms with Crippen LogP contribution in [0.5, 0.6) is 0 Å². The van der Waals surface area contributed by atoms with Crippen LogP contribution in [0.2, 0.25) is 12.1 Å². The van der Waals surface area contributed by atoms with Gasteiger partial charge in [0.2, 0.25) is 0 Å². The number of rotatable bonds is 20. The molecule has 4 aromatic rings. The zero-order valence-electron chi connectivity index (χ0n) is 32.4. The molecule has 0 radical (unpaired) electrons. The maximum atomic E-state index is 2.64. The van der Waals surface area contributed by atoms with Gasteiger partial charge in [0.05, 0.1) is 0 Å². The van der Waals surface area contributed by atoms with Crippen LogP contribution in [0, 0.1) is 0 Å². The quantitative estimate of drug-likeness (QED) is 0.0639. The Labute approximate surface area is 313 Å². The van der Waals surface area contributed by atoms with E-state index < -0.39 is 0 Å². The fourth-order valence-corrected chi connectivity index (χ4v) is 11.5. The second kappa shape index (κ2) is 18.9. The van der Waals surface area contributed by atoms with Gasteiger partial charge in [-0.25, -0.2) is 0 Å². The summed E-state index contributed by atoms with van der Waals surface area (Å²) in [5.74, 6) is 1.22. The van der Waals surface area contributed by atoms with E-state index in [0.717, 1.165) is 12.8 Å². The molecule has 268 valence electrons. The van der Waals surface area contributed by atoms with Gasteiger partial charge >= 0.3 is 0 Å². The van der Waals surface area contributed by atoms with Crippen LogP contribution >= 0.6 is 0 Å². The molecule has 2 unspecified atom stereocenters. The molecule has 2 atom stereocenters. The van der Waals surface area contributed by atoms with Gasteiger partial charge in [-0.05, 0) is 94.2 Å². The fraction of sp³-hybridized carbons (Fsp3) is 0.440. The average Bonchev–Trinajstić information content (AvgIpc) is 3.70. The van der Waals surface area contributed by atoms with Crippen LogP contribution in [0.1, 0.15) is 150 Å². The first-order valence-corrected chi connectivity index (χ1v) is 23.0. The topological polar surface area (TPSA) is 0 Å². The summed E-state index contributed by atoms with van der Waals surface area (Å²) in [6.45, 7) is 9.21. The van der Waals surface area contributed by atoms with Gasteiger partial charge in [-0.15, -0.1) is 0 Å². The van der Waals surface area contributed by atoms with E-state index in [9.17, 15) is 0 Å². The Morgan fingerprint density at radius 2 is 0.863 bits per heavy atom. The van der Waals surface area contributed by atoms with E-state index in [2.05, 4.69) is 125 Å². The van der Waals surface area contributed by atoms with E-state index in [1.807, 2.05) is 0 Å². The molecular formula is C50H64Si. The van der Waals surface area contributed by atoms with E-state index in [1.165, 1.54) is 134 Å². The summed E-state index contributed by atoms with van der Waals surface area (Å²) in [4.78, 5) is 0. The van der Waals surface area contributed by atoms with Gasteiger partial charge in [-0.1, -0.05) is 199 Å². The van der Waals surface area contributed by atoms with Crippen molar-refractivity contribution >= 4 is 21.7 Å². The van der Waals surface area contributed by atoms with Crippen LogP contribution < -0.4 is 0 Å². The maximum absolute atomic E-state index is 2.64. The van der Waals surface area contributed by atoms with Crippen molar-refractivity contribution in [1.29, 1.82) is 0 Å². The van der Waals surface area contributed by atoms with Gasteiger partial charge in [0.1, 0.15) is 0 Å². The van der Waals surface area contributed by atoms with Crippen molar-refractivity contribution in [3.8, 4) is 22.3 Å². The number of hydrogen-bond acceptors (Lipinski definition) is 0. The molecule has 0 nitrogen and oxygen atoms in total. The van der Waals surface area contributed by atoms with Crippen LogP contribution in [-0.2, 0) is 12.8 Å². The monoisotopic (exact) mass is 692 g/mol. The minimum atomic E-state index is -0.310. The van der Waals surface area contributed by atoms with Crippen molar-refractivity contribution in [3.05, 3.63) is 129 Å². The molecule has 0 aromatic heterocycles. The third-order valence-corrected chi connectivity index (χ3v) is 13.8. The highest BCUT2D eigenvalue weighted by molar-refractivity contribution is 6.36. The predicted octanol–water partition coefficient (Wildman–Crippen LogP) is 14.5. The standard InChI is InChI=1S/C50H64Si/c1-5-9-11-13-19-41-33-47-43(39-29-25-37(17-7-3)26-30-39)21-15-23-45(47)49(41)35-51-36-50-42(20-14-12-10-6-2)34-48-44(22-16-24-46(48)50)40-31-27-38(18-8-4)28-32-40/h15-16,21-34,49-50H,5-14,17-20,35-36,51H2,1-4H3. The molecular weight excluding hydrogens is 629 g/mol. The van der Waals surface area contributed by atoms with E-state index in [-0.39, 0.29) is 9.52 Å². The SMILES string of the molecule is CCCCCCC1=Cc2c(-c3ccc(CCC)cc3)cccc2C1C[SiH2]CC1C(CCCCCC)=Cc2c(-c3ccc(CCC)cc3)cccc21. The molecule has 0 N–H and O–H groups in total. The van der Waals surface area contributed by atoms with E-state index in [4.69, 9.17) is 0 Å². The predicted molar refractivity (Wildman–Crippen MR) is 229 cm³/mol. The van der Waals surface area contributed by atoms with Gasteiger partial charge in [0.15, 0.2) is 0 Å². The molecule has 4 aromatic carbocycles. The molecule has 0 heterocycles. The first-order valence-electron chi connectivity index (χ1n) is 21.0. The molecule has 0 saturated heterocycles. The Morgan fingerprint density at radius 1 is 0.431 bits per heavy atom. The molecule has 2 aliphatic rings. The highest BCUT2D eigenvalue weighted by Gasteiger charge is 2.30. The van der Waals surface area contributed by atoms with E-state index >= 15 is 0 Å². The first kappa shape index (κ1) is 37.3. The lowest BCUT2D eigenvalue weighted by Gasteiger charge is -2.21. The Balaban J connectivity index is 1.24. The molecule has 51 heavy (non-hydrogen) atoms. The highest BCUT2D eigenvalue weighted by atomic mass is 28.2. The summed E-state index contributed by atoms with van der Waals surface area (Å²) in [5.41, 5.74) is 18.2. The van der Waals surface area contributed by atoms with Crippen molar-refractivity contribution in [1.82, 2.24) is 0 Å². The Morgan fingerprint density at radius 3 is 1.25 bits per heavy atom. The number of benzene rings is 4. The van der Waals surface area contributed by atoms with Gasteiger partial charge in [-0.2, -0.15) is 0 Å². The number of hydrogen-bond donors (Lipinski definition) is 0. The average molecular weight is 693 g/mol. The molecule has 0 bridgehead atoms. The maximum Gasteiger partial charge on any atom is 0.0218 e. The van der Waals surface area contributed by atoms with Crippen LogP contribution in [0.3, 0.4) is 0 Å². The van der Waals surface area contributed by atoms with E-state index in [0.29, 0.717) is 11.8 Å². The summed E-state index contributed by atoms with van der Waals surface area (Å²) in [6, 6.07) is 36.1. The highest BCUT2D eigenvalue weighted by Crippen LogP contribution is 2.48. The molecule has 0 fully saturated rings. The summed E-state index contributed by atoms with van der Waals surface area (Å²) in [5, 5.41) is 0. The van der Waals surface area contributed by atoms with Gasteiger partial charge in [0.25, 0.3) is 0 Å². The smallest absolute Gasteiger partial charge is 0.0218 e. The molecule has 0 amide bonds. The Kier molecular flexibility index (Phi) is 13.8. The molecule has 2 aliphatic carbocycles. The third-order valence-electron chi connectivity index (χ3n) is 11.8. The molecule has 0 aliphatic heterocycles. The second-order valence-corrected chi connectivity index (χ2v) is 17.5. The van der Waals surface area contributed by atoms with Crippen molar-refractivity contribution in [2.75, 3.05) is 0 Å². The summed E-state index contributed by atoms with van der Waals surface area (Å²) in [6.07, 6.45) is 23.2. The zero-order chi connectivity index (χ0) is 35.4. The molecule has 0 saturated carbocycles. The fourth-order valence-electron chi connectivity index (χ4n) is 9.06. The van der Waals surface area contributed by atoms with Crippen LogP contribution in [0.25, 0.3) is 34.4 Å². The largest absolute Gasteiger partial charge is 0.0654 e. The number of aryl methyl sites for hydroxylation is 2. The van der Waals surface area contributed by atoms with Crippen molar-refractivity contribution < 1.29 is 0 Å². The van der Waals surface area contributed by atoms with Crippen LogP contribution in [0.4, 0.5) is 0 Å². The normalized spacial score (nSPS) is 16.5. The molecule has 1 heteroatoms. The second-order valence-electron chi connectivity index (χ2n) is 15.6. The molecule has 0 spiro atoms. The first-order chi connectivity index (χ1) is 25.1. The van der Waals surface area contributed by atoms with Crippen molar-refractivity contribution in [2.24, 2.45) is 0 Å². The van der Waals surface area contributed by atoms with Gasteiger partial charge < -0.3 is 0 Å². The number of allylic oxidation sites excluding steroid dienone is 2. The number of unbranched alkanes of at least 4 members (excludes halogenated alkanes) is 6. The van der Waals surface area contributed by atoms with Gasteiger partial charge in [-0.3, -0.25) is 0 Å². The summed E-state index contributed by atoms with van der Waals surface area (Å²) in [7, 11) is -0.310. The number of fused-ring (bicyclic) bond motifs is 2. The van der Waals surface area contributed by atoms with Crippen molar-refractivity contribution in [2.45, 2.75) is 142 Å². The summed E-state index contributed by atoms with van der Waals surface area (Å²) < 4.78 is 0. The third kappa shape index (κ3) is 9.15. The van der Waals surface area contributed by atoms with Crippen molar-refractivity contribution in [3.63, 3.8) is 0 Å². The summed E-state index contributed by atoms with van der Waals surface area (Å²) >= 11 is 0. The zero-order valence-corrected chi connectivity index (χ0v) is 33.8. The van der Waals surface area contributed by atoms with Crippen LogP contribution in [-0.4, -0.2) is 9.52 Å². The Bertz CT molecular complexity index is 1620. The minimum Gasteiger partial charge on any atom is -0.0654 e. The Hall–Kier alpha value is -3.42. The van der Waals surface area contributed by atoms with Crippen LogP contribution in [0.15, 0.2) is 96.1 Å². The molecule has 6 rings (SSSR count). The lowest BCUT2D eigenvalue weighted by Crippen LogP contribution is -2.08. The van der Waals surface area contributed by atoms with Gasteiger partial charge in [0, 0.05) is 21.4 Å². The lowest BCUT2D eigenvalue weighted by atomic mass is 9.91. The minimum absolute atomic E-state index is 0.310. The lowest BCUT2D eigenvalue weighted by molar-refractivity contribution is 0.648.